The molecule has 0 amide bonds. The normalized spacial score (nSPS) is 19.9. The fourth-order valence-electron chi connectivity index (χ4n) is 3.45. The minimum absolute atomic E-state index is 0.0921. The van der Waals surface area contributed by atoms with Crippen LogP contribution in [0.15, 0.2) is 12.1 Å². The molecule has 0 radical (unpaired) electrons. The molecular formula is C15H21NO3. The molecule has 3 rings (SSSR count). The molecule has 2 aliphatic rings. The standard InChI is InChI=1S/C15H21NO3/c1-17-8-11-12(15(9-16)6-2-3-7-15)4-5-13-14(11)19-10-18-13/h4-5H,2-3,6-10,16H2,1H3. The lowest BCUT2D eigenvalue weighted by molar-refractivity contribution is 0.161. The lowest BCUT2D eigenvalue weighted by Crippen LogP contribution is -2.33. The molecule has 0 saturated heterocycles. The van der Waals surface area contributed by atoms with E-state index in [0.717, 1.165) is 29.9 Å². The van der Waals surface area contributed by atoms with Gasteiger partial charge >= 0.3 is 0 Å². The minimum atomic E-state index is 0.0921. The molecule has 4 heteroatoms. The Labute approximate surface area is 113 Å². The number of nitrogens with two attached hydrogens (primary N) is 1. The summed E-state index contributed by atoms with van der Waals surface area (Å²) >= 11 is 0. The summed E-state index contributed by atoms with van der Waals surface area (Å²) in [5, 5.41) is 0. The zero-order chi connectivity index (χ0) is 13.3. The molecule has 1 heterocycles. The van der Waals surface area contributed by atoms with Crippen molar-refractivity contribution in [3.63, 3.8) is 0 Å². The zero-order valence-electron chi connectivity index (χ0n) is 11.4. The third-order valence-electron chi connectivity index (χ3n) is 4.45. The molecule has 0 unspecified atom stereocenters. The average Bonchev–Trinajstić information content (AvgIpc) is 3.08. The monoisotopic (exact) mass is 263 g/mol. The van der Waals surface area contributed by atoms with E-state index in [2.05, 4.69) is 6.07 Å². The molecule has 0 spiro atoms. The van der Waals surface area contributed by atoms with E-state index in [0.29, 0.717) is 19.9 Å². The van der Waals surface area contributed by atoms with Crippen LogP contribution in [0.3, 0.4) is 0 Å². The number of rotatable bonds is 4. The van der Waals surface area contributed by atoms with Gasteiger partial charge in [-0.1, -0.05) is 18.9 Å². The Morgan fingerprint density at radius 2 is 2.05 bits per heavy atom. The Balaban J connectivity index is 2.10. The summed E-state index contributed by atoms with van der Waals surface area (Å²) in [7, 11) is 1.71. The molecule has 1 aliphatic heterocycles. The summed E-state index contributed by atoms with van der Waals surface area (Å²) in [5.74, 6) is 1.67. The highest BCUT2D eigenvalue weighted by Crippen LogP contribution is 2.47. The van der Waals surface area contributed by atoms with Gasteiger partial charge in [-0.15, -0.1) is 0 Å². The lowest BCUT2D eigenvalue weighted by Gasteiger charge is -2.30. The molecule has 0 bridgehead atoms. The first-order valence-electron chi connectivity index (χ1n) is 6.92. The molecule has 2 N–H and O–H groups in total. The van der Waals surface area contributed by atoms with Crippen LogP contribution in [-0.4, -0.2) is 20.4 Å². The largest absolute Gasteiger partial charge is 0.454 e. The quantitative estimate of drug-likeness (QED) is 0.906. The van der Waals surface area contributed by atoms with E-state index >= 15 is 0 Å². The van der Waals surface area contributed by atoms with Crippen molar-refractivity contribution >= 4 is 0 Å². The average molecular weight is 263 g/mol. The van der Waals surface area contributed by atoms with Gasteiger partial charge in [0.2, 0.25) is 6.79 Å². The van der Waals surface area contributed by atoms with Gasteiger partial charge in [0.05, 0.1) is 6.61 Å². The van der Waals surface area contributed by atoms with Gasteiger partial charge in [-0.25, -0.2) is 0 Å². The molecule has 1 aromatic rings. The molecule has 4 nitrogen and oxygen atoms in total. The maximum Gasteiger partial charge on any atom is 0.231 e. The van der Waals surface area contributed by atoms with Crippen molar-refractivity contribution in [1.82, 2.24) is 0 Å². The first kappa shape index (κ1) is 12.8. The second kappa shape index (κ2) is 5.02. The smallest absolute Gasteiger partial charge is 0.231 e. The molecule has 1 fully saturated rings. The summed E-state index contributed by atoms with van der Waals surface area (Å²) in [6.45, 7) is 1.53. The highest BCUT2D eigenvalue weighted by atomic mass is 16.7. The molecule has 1 aliphatic carbocycles. The van der Waals surface area contributed by atoms with Crippen LogP contribution in [0.25, 0.3) is 0 Å². The fourth-order valence-corrected chi connectivity index (χ4v) is 3.45. The van der Waals surface area contributed by atoms with Crippen molar-refractivity contribution in [2.75, 3.05) is 20.4 Å². The summed E-state index contributed by atoms with van der Waals surface area (Å²) in [5.41, 5.74) is 8.60. The van der Waals surface area contributed by atoms with Crippen LogP contribution >= 0.6 is 0 Å². The van der Waals surface area contributed by atoms with Crippen LogP contribution in [0.4, 0.5) is 0 Å². The highest BCUT2D eigenvalue weighted by molar-refractivity contribution is 5.54. The molecule has 19 heavy (non-hydrogen) atoms. The Morgan fingerprint density at radius 3 is 2.74 bits per heavy atom. The Bertz CT molecular complexity index is 467. The van der Waals surface area contributed by atoms with E-state index in [9.17, 15) is 0 Å². The van der Waals surface area contributed by atoms with E-state index in [1.54, 1.807) is 7.11 Å². The van der Waals surface area contributed by atoms with E-state index in [1.165, 1.54) is 18.4 Å². The number of hydrogen-bond donors (Lipinski definition) is 1. The third-order valence-corrected chi connectivity index (χ3v) is 4.45. The van der Waals surface area contributed by atoms with Gasteiger partial charge in [-0.3, -0.25) is 0 Å². The van der Waals surface area contributed by atoms with Gasteiger partial charge in [0.1, 0.15) is 0 Å². The van der Waals surface area contributed by atoms with Crippen molar-refractivity contribution in [1.29, 1.82) is 0 Å². The van der Waals surface area contributed by atoms with Gasteiger partial charge < -0.3 is 19.9 Å². The van der Waals surface area contributed by atoms with E-state index in [-0.39, 0.29) is 5.41 Å². The summed E-state index contributed by atoms with van der Waals surface area (Å²) < 4.78 is 16.5. The van der Waals surface area contributed by atoms with E-state index < -0.39 is 0 Å². The molecular weight excluding hydrogens is 242 g/mol. The van der Waals surface area contributed by atoms with Crippen LogP contribution < -0.4 is 15.2 Å². The molecule has 104 valence electrons. The second-order valence-electron chi connectivity index (χ2n) is 5.45. The molecule has 1 aromatic carbocycles. The molecule has 0 aromatic heterocycles. The fraction of sp³-hybridized carbons (Fsp3) is 0.600. The van der Waals surface area contributed by atoms with Gasteiger partial charge in [0.15, 0.2) is 11.5 Å². The van der Waals surface area contributed by atoms with Gasteiger partial charge in [-0.05, 0) is 24.5 Å². The Hall–Kier alpha value is -1.26. The van der Waals surface area contributed by atoms with Crippen molar-refractivity contribution < 1.29 is 14.2 Å². The number of fused-ring (bicyclic) bond motifs is 1. The first-order valence-corrected chi connectivity index (χ1v) is 6.92. The van der Waals surface area contributed by atoms with Gasteiger partial charge in [0.25, 0.3) is 0 Å². The van der Waals surface area contributed by atoms with Crippen molar-refractivity contribution in [2.24, 2.45) is 5.73 Å². The predicted molar refractivity (Wildman–Crippen MR) is 72.5 cm³/mol. The number of ether oxygens (including phenoxy) is 3. The minimum Gasteiger partial charge on any atom is -0.454 e. The number of methoxy groups -OCH3 is 1. The van der Waals surface area contributed by atoms with Gasteiger partial charge in [0, 0.05) is 24.6 Å². The van der Waals surface area contributed by atoms with Gasteiger partial charge in [-0.2, -0.15) is 0 Å². The summed E-state index contributed by atoms with van der Waals surface area (Å²) in [6, 6.07) is 4.16. The number of hydrogen-bond acceptors (Lipinski definition) is 4. The van der Waals surface area contributed by atoms with E-state index in [1.807, 2.05) is 6.07 Å². The lowest BCUT2D eigenvalue weighted by atomic mass is 9.76. The maximum atomic E-state index is 6.10. The topological polar surface area (TPSA) is 53.7 Å². The highest BCUT2D eigenvalue weighted by Gasteiger charge is 2.38. The van der Waals surface area contributed by atoms with Crippen molar-refractivity contribution in [2.45, 2.75) is 37.7 Å². The van der Waals surface area contributed by atoms with Crippen LogP contribution in [0, 0.1) is 0 Å². The predicted octanol–water partition coefficient (Wildman–Crippen LogP) is 2.33. The van der Waals surface area contributed by atoms with Crippen molar-refractivity contribution in [3.8, 4) is 11.5 Å². The second-order valence-corrected chi connectivity index (χ2v) is 5.45. The van der Waals surface area contributed by atoms with Crippen LogP contribution in [0.5, 0.6) is 11.5 Å². The summed E-state index contributed by atoms with van der Waals surface area (Å²) in [4.78, 5) is 0. The third kappa shape index (κ3) is 1.99. The number of benzene rings is 1. The maximum absolute atomic E-state index is 6.10. The Kier molecular flexibility index (Phi) is 3.37. The SMILES string of the molecule is COCc1c(C2(CN)CCCC2)ccc2c1OCO2. The zero-order valence-corrected chi connectivity index (χ0v) is 11.4. The molecule has 0 atom stereocenters. The first-order chi connectivity index (χ1) is 9.30. The summed E-state index contributed by atoms with van der Waals surface area (Å²) in [6.07, 6.45) is 4.80. The van der Waals surface area contributed by atoms with Crippen LogP contribution in [0.1, 0.15) is 36.8 Å². The Morgan fingerprint density at radius 1 is 1.26 bits per heavy atom. The van der Waals surface area contributed by atoms with E-state index in [4.69, 9.17) is 19.9 Å². The molecule has 1 saturated carbocycles. The van der Waals surface area contributed by atoms with Crippen molar-refractivity contribution in [3.05, 3.63) is 23.3 Å². The van der Waals surface area contributed by atoms with Crippen LogP contribution in [-0.2, 0) is 16.8 Å². The van der Waals surface area contributed by atoms with Crippen LogP contribution in [0.2, 0.25) is 0 Å².